The molecule has 5 heteroatoms. The van der Waals surface area contributed by atoms with Crippen molar-refractivity contribution in [3.63, 3.8) is 0 Å². The molecule has 0 spiro atoms. The lowest BCUT2D eigenvalue weighted by Gasteiger charge is -2.11. The molecule has 0 fully saturated rings. The number of benzene rings is 2. The molecule has 2 aromatic carbocycles. The quantitative estimate of drug-likeness (QED) is 0.530. The second-order valence-corrected chi connectivity index (χ2v) is 7.23. The highest BCUT2D eigenvalue weighted by Crippen LogP contribution is 2.19. The molecule has 2 aromatic rings. The molecule has 28 heavy (non-hydrogen) atoms. The highest BCUT2D eigenvalue weighted by atomic mass is 16.5. The third-order valence-electron chi connectivity index (χ3n) is 3.87. The van der Waals surface area contributed by atoms with E-state index in [1.807, 2.05) is 55.5 Å². The molecule has 0 aliphatic rings. The fourth-order valence-corrected chi connectivity index (χ4v) is 2.34. The van der Waals surface area contributed by atoms with E-state index >= 15 is 0 Å². The maximum absolute atomic E-state index is 12.2. The predicted molar refractivity (Wildman–Crippen MR) is 115 cm³/mol. The van der Waals surface area contributed by atoms with Gasteiger partial charge in [0, 0.05) is 17.4 Å². The normalized spacial score (nSPS) is 10.4. The molecule has 0 heterocycles. The summed E-state index contributed by atoms with van der Waals surface area (Å²) < 4.78 is 11.3. The van der Waals surface area contributed by atoms with E-state index < -0.39 is 0 Å². The Morgan fingerprint density at radius 2 is 1.79 bits per heavy atom. The van der Waals surface area contributed by atoms with E-state index in [0.29, 0.717) is 19.1 Å². The first-order valence-electron chi connectivity index (χ1n) is 9.56. The highest BCUT2D eigenvalue weighted by Gasteiger charge is 2.04. The zero-order chi connectivity index (χ0) is 20.4. The third kappa shape index (κ3) is 8.16. The molecule has 0 atom stereocenters. The number of carbonyl (C=O) groups is 1. The van der Waals surface area contributed by atoms with Gasteiger partial charge in [0.15, 0.2) is 0 Å². The zero-order valence-electron chi connectivity index (χ0n) is 17.0. The van der Waals surface area contributed by atoms with Crippen LogP contribution in [-0.4, -0.2) is 25.7 Å². The number of anilines is 2. The first kappa shape index (κ1) is 21.4. The summed E-state index contributed by atoms with van der Waals surface area (Å²) >= 11 is 0. The molecule has 0 aromatic heterocycles. The Hall–Kier alpha value is -2.95. The molecule has 0 aliphatic heterocycles. The third-order valence-corrected chi connectivity index (χ3v) is 3.87. The molecule has 2 N–H and O–H groups in total. The molecular formula is C23H30N2O3. The molecule has 0 unspecified atom stereocenters. The summed E-state index contributed by atoms with van der Waals surface area (Å²) in [6, 6.07) is 14.9. The minimum atomic E-state index is -0.123. The van der Waals surface area contributed by atoms with E-state index in [2.05, 4.69) is 31.1 Å². The van der Waals surface area contributed by atoms with Gasteiger partial charge in [-0.3, -0.25) is 4.79 Å². The van der Waals surface area contributed by atoms with Crippen molar-refractivity contribution in [1.29, 1.82) is 0 Å². The first-order valence-corrected chi connectivity index (χ1v) is 9.56. The standard InChI is InChI=1S/C23H30N2O3/c1-17(2)12-13-27-22-7-5-6-20(14-22)24-15-23(26)25-19-8-10-21(11-9-19)28-16-18(3)4/h5-11,14,17,24H,3,12-13,15-16H2,1-2,4H3,(H,25,26). The van der Waals surface area contributed by atoms with Gasteiger partial charge in [-0.25, -0.2) is 0 Å². The Labute approximate surface area is 167 Å². The predicted octanol–water partition coefficient (Wildman–Crippen LogP) is 5.12. The lowest BCUT2D eigenvalue weighted by Crippen LogP contribution is -2.21. The largest absolute Gasteiger partial charge is 0.494 e. The van der Waals surface area contributed by atoms with Gasteiger partial charge in [0.1, 0.15) is 18.1 Å². The van der Waals surface area contributed by atoms with Gasteiger partial charge in [-0.1, -0.05) is 26.5 Å². The van der Waals surface area contributed by atoms with Crippen molar-refractivity contribution in [3.05, 3.63) is 60.7 Å². The molecule has 150 valence electrons. The average molecular weight is 383 g/mol. The summed E-state index contributed by atoms with van der Waals surface area (Å²) in [4.78, 5) is 12.2. The van der Waals surface area contributed by atoms with Crippen LogP contribution < -0.4 is 20.1 Å². The lowest BCUT2D eigenvalue weighted by atomic mass is 10.1. The summed E-state index contributed by atoms with van der Waals surface area (Å²) in [7, 11) is 0. The second-order valence-electron chi connectivity index (χ2n) is 7.23. The number of hydrogen-bond acceptors (Lipinski definition) is 4. The Balaban J connectivity index is 1.78. The van der Waals surface area contributed by atoms with Gasteiger partial charge >= 0.3 is 0 Å². The number of rotatable bonds is 11. The Morgan fingerprint density at radius 1 is 1.04 bits per heavy atom. The van der Waals surface area contributed by atoms with E-state index in [0.717, 1.165) is 34.9 Å². The van der Waals surface area contributed by atoms with Crippen LogP contribution in [0.3, 0.4) is 0 Å². The van der Waals surface area contributed by atoms with E-state index in [4.69, 9.17) is 9.47 Å². The first-order chi connectivity index (χ1) is 13.4. The second kappa shape index (κ2) is 11.0. The summed E-state index contributed by atoms with van der Waals surface area (Å²) in [6.07, 6.45) is 1.01. The maximum Gasteiger partial charge on any atom is 0.243 e. The van der Waals surface area contributed by atoms with Gasteiger partial charge < -0.3 is 20.1 Å². The average Bonchev–Trinajstić information content (AvgIpc) is 2.66. The topological polar surface area (TPSA) is 59.6 Å². The molecular weight excluding hydrogens is 352 g/mol. The van der Waals surface area contributed by atoms with E-state index in [-0.39, 0.29) is 12.5 Å². The minimum Gasteiger partial charge on any atom is -0.494 e. The fraction of sp³-hybridized carbons (Fsp3) is 0.348. The molecule has 1 amide bonds. The monoisotopic (exact) mass is 382 g/mol. The maximum atomic E-state index is 12.2. The number of amides is 1. The van der Waals surface area contributed by atoms with Gasteiger partial charge in [0.2, 0.25) is 5.91 Å². The molecule has 0 aliphatic carbocycles. The van der Waals surface area contributed by atoms with Crippen molar-refractivity contribution >= 4 is 17.3 Å². The van der Waals surface area contributed by atoms with Crippen molar-refractivity contribution < 1.29 is 14.3 Å². The van der Waals surface area contributed by atoms with Gasteiger partial charge in [0.25, 0.3) is 0 Å². The number of ether oxygens (including phenoxy) is 2. The van der Waals surface area contributed by atoms with Gasteiger partial charge in [-0.15, -0.1) is 0 Å². The van der Waals surface area contributed by atoms with Gasteiger partial charge in [-0.2, -0.15) is 0 Å². The van der Waals surface area contributed by atoms with Crippen molar-refractivity contribution in [3.8, 4) is 11.5 Å². The Bertz CT molecular complexity index is 770. The van der Waals surface area contributed by atoms with Crippen LogP contribution in [0.1, 0.15) is 27.2 Å². The van der Waals surface area contributed by atoms with E-state index in [9.17, 15) is 4.79 Å². The highest BCUT2D eigenvalue weighted by molar-refractivity contribution is 5.93. The lowest BCUT2D eigenvalue weighted by molar-refractivity contribution is -0.114. The zero-order valence-corrected chi connectivity index (χ0v) is 17.0. The Kier molecular flexibility index (Phi) is 8.40. The molecule has 0 bridgehead atoms. The summed E-state index contributed by atoms with van der Waals surface area (Å²) in [6.45, 7) is 11.4. The molecule has 0 saturated carbocycles. The SMILES string of the molecule is C=C(C)COc1ccc(NC(=O)CNc2cccc(OCCC(C)C)c2)cc1. The summed E-state index contributed by atoms with van der Waals surface area (Å²) in [5, 5.41) is 5.98. The van der Waals surface area contributed by atoms with E-state index in [1.165, 1.54) is 0 Å². The van der Waals surface area contributed by atoms with Crippen LogP contribution in [0.15, 0.2) is 60.7 Å². The molecule has 5 nitrogen and oxygen atoms in total. The van der Waals surface area contributed by atoms with Gasteiger partial charge in [0.05, 0.1) is 13.2 Å². The van der Waals surface area contributed by atoms with Gasteiger partial charge in [-0.05, 0) is 61.2 Å². The van der Waals surface area contributed by atoms with Crippen LogP contribution in [0.2, 0.25) is 0 Å². The number of nitrogens with one attached hydrogen (secondary N) is 2. The van der Waals surface area contributed by atoms with Crippen LogP contribution in [0.4, 0.5) is 11.4 Å². The van der Waals surface area contributed by atoms with Crippen LogP contribution in [0.25, 0.3) is 0 Å². The van der Waals surface area contributed by atoms with Crippen molar-refractivity contribution in [2.24, 2.45) is 5.92 Å². The van der Waals surface area contributed by atoms with E-state index in [1.54, 1.807) is 0 Å². The molecule has 2 rings (SSSR count). The van der Waals surface area contributed by atoms with Crippen LogP contribution in [0.5, 0.6) is 11.5 Å². The summed E-state index contributed by atoms with van der Waals surface area (Å²) in [5.74, 6) is 2.03. The smallest absolute Gasteiger partial charge is 0.243 e. The van der Waals surface area contributed by atoms with Crippen LogP contribution in [-0.2, 0) is 4.79 Å². The Morgan fingerprint density at radius 3 is 2.46 bits per heavy atom. The van der Waals surface area contributed by atoms with Crippen molar-refractivity contribution in [1.82, 2.24) is 0 Å². The number of hydrogen-bond donors (Lipinski definition) is 2. The van der Waals surface area contributed by atoms with Crippen LogP contribution in [0, 0.1) is 5.92 Å². The fourth-order valence-electron chi connectivity index (χ4n) is 2.34. The summed E-state index contributed by atoms with van der Waals surface area (Å²) in [5.41, 5.74) is 2.53. The van der Waals surface area contributed by atoms with Crippen molar-refractivity contribution in [2.75, 3.05) is 30.4 Å². The van der Waals surface area contributed by atoms with Crippen molar-refractivity contribution in [2.45, 2.75) is 27.2 Å². The minimum absolute atomic E-state index is 0.123. The number of carbonyl (C=O) groups excluding carboxylic acids is 1. The van der Waals surface area contributed by atoms with Crippen LogP contribution >= 0.6 is 0 Å². The molecule has 0 radical (unpaired) electrons. The molecule has 0 saturated heterocycles.